The number of methoxy groups -OCH3 is 1. The van der Waals surface area contributed by atoms with Crippen molar-refractivity contribution < 1.29 is 14.1 Å². The first-order valence-electron chi connectivity index (χ1n) is 6.06. The van der Waals surface area contributed by atoms with Gasteiger partial charge in [0.1, 0.15) is 0 Å². The lowest BCUT2D eigenvalue weighted by Gasteiger charge is -2.01. The Labute approximate surface area is 111 Å². The number of hydrogen-bond donors (Lipinski definition) is 1. The van der Waals surface area contributed by atoms with E-state index in [4.69, 9.17) is 9.26 Å². The summed E-state index contributed by atoms with van der Waals surface area (Å²) in [4.78, 5) is 11.6. The molecule has 0 saturated carbocycles. The summed E-state index contributed by atoms with van der Waals surface area (Å²) < 4.78 is 10.1. The van der Waals surface area contributed by atoms with Gasteiger partial charge >= 0.3 is 0 Å². The highest BCUT2D eigenvalue weighted by Crippen LogP contribution is 2.19. The van der Waals surface area contributed by atoms with E-state index in [1.54, 1.807) is 13.2 Å². The topological polar surface area (TPSA) is 64.4 Å². The summed E-state index contributed by atoms with van der Waals surface area (Å²) in [6, 6.07) is 11.4. The first-order valence-corrected chi connectivity index (χ1v) is 6.06. The zero-order valence-electron chi connectivity index (χ0n) is 10.8. The molecular formula is C14H16N2O3. The summed E-state index contributed by atoms with van der Waals surface area (Å²) >= 11 is 0. The highest BCUT2D eigenvalue weighted by atomic mass is 16.5. The Morgan fingerprint density at radius 3 is 2.89 bits per heavy atom. The van der Waals surface area contributed by atoms with Gasteiger partial charge in [0.15, 0.2) is 5.76 Å². The summed E-state index contributed by atoms with van der Waals surface area (Å²) in [5.74, 6) is 0.574. The molecule has 0 bridgehead atoms. The van der Waals surface area contributed by atoms with E-state index in [1.165, 1.54) is 0 Å². The van der Waals surface area contributed by atoms with Crippen LogP contribution in [0.2, 0.25) is 0 Å². The van der Waals surface area contributed by atoms with Gasteiger partial charge in [0.05, 0.1) is 18.7 Å². The number of hydrogen-bond acceptors (Lipinski definition) is 4. The van der Waals surface area contributed by atoms with Crippen molar-refractivity contribution in [3.05, 3.63) is 42.1 Å². The second-order valence-corrected chi connectivity index (χ2v) is 4.07. The number of carbonyl (C=O) groups is 1. The van der Waals surface area contributed by atoms with Crippen molar-refractivity contribution in [2.45, 2.75) is 6.42 Å². The van der Waals surface area contributed by atoms with Crippen molar-refractivity contribution in [2.75, 3.05) is 20.3 Å². The molecule has 1 heterocycles. The molecule has 1 aromatic carbocycles. The van der Waals surface area contributed by atoms with E-state index < -0.39 is 0 Å². The first-order chi connectivity index (χ1) is 9.29. The number of amides is 1. The Morgan fingerprint density at radius 1 is 1.37 bits per heavy atom. The molecular weight excluding hydrogens is 244 g/mol. The average Bonchev–Trinajstić information content (AvgIpc) is 2.88. The number of nitrogens with zero attached hydrogens (tertiary/aromatic N) is 1. The van der Waals surface area contributed by atoms with E-state index in [1.807, 2.05) is 30.3 Å². The Balaban J connectivity index is 1.93. The molecule has 0 saturated heterocycles. The first kappa shape index (κ1) is 13.3. The van der Waals surface area contributed by atoms with Crippen molar-refractivity contribution in [3.8, 4) is 11.3 Å². The number of rotatable bonds is 6. The fourth-order valence-corrected chi connectivity index (χ4v) is 1.65. The molecule has 0 unspecified atom stereocenters. The Morgan fingerprint density at radius 2 is 2.16 bits per heavy atom. The van der Waals surface area contributed by atoms with Crippen LogP contribution in [0, 0.1) is 0 Å². The van der Waals surface area contributed by atoms with Gasteiger partial charge in [0.2, 0.25) is 5.91 Å². The Kier molecular flexibility index (Phi) is 4.69. The molecule has 2 aromatic rings. The number of nitrogens with one attached hydrogen (secondary N) is 1. The molecule has 0 radical (unpaired) electrons. The molecule has 1 aromatic heterocycles. The molecule has 5 nitrogen and oxygen atoms in total. The maximum absolute atomic E-state index is 11.6. The minimum absolute atomic E-state index is 0.0926. The van der Waals surface area contributed by atoms with E-state index in [2.05, 4.69) is 10.5 Å². The smallest absolute Gasteiger partial charge is 0.226 e. The number of carbonyl (C=O) groups excluding carboxylic acids is 1. The van der Waals surface area contributed by atoms with E-state index in [0.29, 0.717) is 24.6 Å². The standard InChI is InChI=1S/C14H16N2O3/c1-18-8-7-15-14(17)10-12-9-13(19-16-12)11-5-3-2-4-6-11/h2-6,9H,7-8,10H2,1H3,(H,15,17). The monoisotopic (exact) mass is 260 g/mol. The van der Waals surface area contributed by atoms with Crippen LogP contribution in [-0.2, 0) is 16.0 Å². The quantitative estimate of drug-likeness (QED) is 0.802. The zero-order valence-corrected chi connectivity index (χ0v) is 10.8. The van der Waals surface area contributed by atoms with Crippen LogP contribution >= 0.6 is 0 Å². The predicted octanol–water partition coefficient (Wildman–Crippen LogP) is 1.65. The lowest BCUT2D eigenvalue weighted by atomic mass is 10.1. The maximum Gasteiger partial charge on any atom is 0.226 e. The zero-order chi connectivity index (χ0) is 13.5. The van der Waals surface area contributed by atoms with Crippen LogP contribution in [-0.4, -0.2) is 31.3 Å². The van der Waals surface area contributed by atoms with Gasteiger partial charge in [0.25, 0.3) is 0 Å². The molecule has 0 atom stereocenters. The van der Waals surface area contributed by atoms with Crippen molar-refractivity contribution in [2.24, 2.45) is 0 Å². The molecule has 0 spiro atoms. The molecule has 19 heavy (non-hydrogen) atoms. The van der Waals surface area contributed by atoms with Crippen LogP contribution in [0.15, 0.2) is 40.9 Å². The van der Waals surface area contributed by atoms with Gasteiger partial charge in [-0.25, -0.2) is 0 Å². The summed E-state index contributed by atoms with van der Waals surface area (Å²) in [5, 5.41) is 6.63. The van der Waals surface area contributed by atoms with Crippen LogP contribution in [0.3, 0.4) is 0 Å². The van der Waals surface area contributed by atoms with Gasteiger partial charge in [-0.3, -0.25) is 4.79 Å². The minimum atomic E-state index is -0.0926. The SMILES string of the molecule is COCCNC(=O)Cc1cc(-c2ccccc2)on1. The molecule has 0 aliphatic rings. The normalized spacial score (nSPS) is 10.4. The van der Waals surface area contributed by atoms with Crippen molar-refractivity contribution in [3.63, 3.8) is 0 Å². The second-order valence-electron chi connectivity index (χ2n) is 4.07. The molecule has 1 amide bonds. The van der Waals surface area contributed by atoms with Crippen LogP contribution in [0.4, 0.5) is 0 Å². The molecule has 5 heteroatoms. The van der Waals surface area contributed by atoms with E-state index >= 15 is 0 Å². The Bertz CT molecular complexity index is 522. The summed E-state index contributed by atoms with van der Waals surface area (Å²) in [6.45, 7) is 0.999. The van der Waals surface area contributed by atoms with Gasteiger partial charge in [-0.1, -0.05) is 35.5 Å². The highest BCUT2D eigenvalue weighted by molar-refractivity contribution is 5.78. The minimum Gasteiger partial charge on any atom is -0.383 e. The van der Waals surface area contributed by atoms with Crippen molar-refractivity contribution in [1.29, 1.82) is 0 Å². The van der Waals surface area contributed by atoms with Gasteiger partial charge in [-0.15, -0.1) is 0 Å². The lowest BCUT2D eigenvalue weighted by Crippen LogP contribution is -2.28. The van der Waals surface area contributed by atoms with Gasteiger partial charge in [0, 0.05) is 25.3 Å². The molecule has 0 aliphatic carbocycles. The molecule has 0 aliphatic heterocycles. The third kappa shape index (κ3) is 3.93. The molecule has 100 valence electrons. The van der Waals surface area contributed by atoms with Crippen molar-refractivity contribution >= 4 is 5.91 Å². The summed E-state index contributed by atoms with van der Waals surface area (Å²) in [7, 11) is 1.59. The highest BCUT2D eigenvalue weighted by Gasteiger charge is 2.09. The van der Waals surface area contributed by atoms with E-state index in [0.717, 1.165) is 5.56 Å². The van der Waals surface area contributed by atoms with E-state index in [9.17, 15) is 4.79 Å². The maximum atomic E-state index is 11.6. The fraction of sp³-hybridized carbons (Fsp3) is 0.286. The van der Waals surface area contributed by atoms with Gasteiger partial charge < -0.3 is 14.6 Å². The van der Waals surface area contributed by atoms with Crippen molar-refractivity contribution in [1.82, 2.24) is 10.5 Å². The van der Waals surface area contributed by atoms with Crippen LogP contribution in [0.1, 0.15) is 5.69 Å². The van der Waals surface area contributed by atoms with E-state index in [-0.39, 0.29) is 12.3 Å². The van der Waals surface area contributed by atoms with Gasteiger partial charge in [-0.2, -0.15) is 0 Å². The third-order valence-electron chi connectivity index (χ3n) is 2.59. The van der Waals surface area contributed by atoms with Crippen LogP contribution in [0.5, 0.6) is 0 Å². The molecule has 2 rings (SSSR count). The third-order valence-corrected chi connectivity index (χ3v) is 2.59. The summed E-state index contributed by atoms with van der Waals surface area (Å²) in [6.07, 6.45) is 0.208. The fourth-order valence-electron chi connectivity index (χ4n) is 1.65. The van der Waals surface area contributed by atoms with Crippen LogP contribution in [0.25, 0.3) is 11.3 Å². The molecule has 0 fully saturated rings. The van der Waals surface area contributed by atoms with Crippen LogP contribution < -0.4 is 5.32 Å². The number of aromatic nitrogens is 1. The Hall–Kier alpha value is -2.14. The average molecular weight is 260 g/mol. The second kappa shape index (κ2) is 6.70. The number of benzene rings is 1. The lowest BCUT2D eigenvalue weighted by molar-refractivity contribution is -0.120. The largest absolute Gasteiger partial charge is 0.383 e. The molecule has 1 N–H and O–H groups in total. The number of ether oxygens (including phenoxy) is 1. The summed E-state index contributed by atoms with van der Waals surface area (Å²) in [5.41, 5.74) is 1.56. The van der Waals surface area contributed by atoms with Gasteiger partial charge in [-0.05, 0) is 0 Å². The predicted molar refractivity (Wildman–Crippen MR) is 70.5 cm³/mol.